The van der Waals surface area contributed by atoms with E-state index in [4.69, 9.17) is 4.74 Å². The highest BCUT2D eigenvalue weighted by atomic mass is 19.4. The van der Waals surface area contributed by atoms with Gasteiger partial charge in [0.05, 0.1) is 11.9 Å². The van der Waals surface area contributed by atoms with Crippen LogP contribution in [-0.2, 0) is 15.1 Å². The first-order chi connectivity index (χ1) is 15.1. The lowest BCUT2D eigenvalue weighted by Crippen LogP contribution is -2.62. The molecule has 2 N–H and O–H groups in total. The monoisotopic (exact) mass is 477 g/mol. The average molecular weight is 477 g/mol. The molecule has 0 unspecified atom stereocenters. The van der Waals surface area contributed by atoms with Crippen molar-refractivity contribution in [2.75, 3.05) is 18.5 Å². The van der Waals surface area contributed by atoms with Crippen molar-refractivity contribution >= 4 is 17.3 Å². The summed E-state index contributed by atoms with van der Waals surface area (Å²) < 4.78 is 91.9. The minimum Gasteiger partial charge on any atom is -0.468 e. The van der Waals surface area contributed by atoms with Crippen molar-refractivity contribution < 1.29 is 40.6 Å². The third kappa shape index (κ3) is 5.00. The first kappa shape index (κ1) is 24.6. The Kier molecular flexibility index (Phi) is 6.26. The summed E-state index contributed by atoms with van der Waals surface area (Å²) in [5, 5.41) is 4.99. The number of hydrogen-bond acceptors (Lipinski definition) is 5. The molecule has 180 valence electrons. The van der Waals surface area contributed by atoms with E-state index in [0.717, 1.165) is 39.1 Å². The van der Waals surface area contributed by atoms with Crippen molar-refractivity contribution in [1.29, 1.82) is 0 Å². The molecule has 1 aromatic carbocycles. The van der Waals surface area contributed by atoms with Crippen LogP contribution in [0.3, 0.4) is 0 Å². The zero-order chi connectivity index (χ0) is 24.7. The number of anilines is 2. The van der Waals surface area contributed by atoms with E-state index >= 15 is 8.78 Å². The first-order valence-electron chi connectivity index (χ1n) is 9.70. The standard InChI is InChI=1S/C21H21F6N3O3/c1-18(2)21(26,27)19(3,30-16(31)10-33-18)14-8-12(4-6-15(14)22)29-13-5-7-17(28-9-13)32-11-20(23,24)25/h4-9,29H,10-11H2,1-3H3,(H,30,31)/t19-/m1/s1. The van der Waals surface area contributed by atoms with E-state index in [-0.39, 0.29) is 17.3 Å². The summed E-state index contributed by atoms with van der Waals surface area (Å²) in [4.78, 5) is 15.8. The molecule has 33 heavy (non-hydrogen) atoms. The molecule has 1 aliphatic rings. The fourth-order valence-corrected chi connectivity index (χ4v) is 3.42. The number of carbonyl (C=O) groups excluding carboxylic acids is 1. The predicted octanol–water partition coefficient (Wildman–Crippen LogP) is 4.68. The van der Waals surface area contributed by atoms with Crippen molar-refractivity contribution in [3.63, 3.8) is 0 Å². The summed E-state index contributed by atoms with van der Waals surface area (Å²) in [5.41, 5.74) is -4.57. The molecule has 2 aromatic rings. The molecule has 2 heterocycles. The number of alkyl halides is 5. The fraction of sp³-hybridized carbons (Fsp3) is 0.429. The Balaban J connectivity index is 1.90. The second-order valence-corrected chi connectivity index (χ2v) is 8.16. The van der Waals surface area contributed by atoms with Gasteiger partial charge in [-0.3, -0.25) is 4.79 Å². The van der Waals surface area contributed by atoms with E-state index in [9.17, 15) is 22.4 Å². The topological polar surface area (TPSA) is 72.5 Å². The Labute approximate surface area is 185 Å². The van der Waals surface area contributed by atoms with Crippen LogP contribution in [0.1, 0.15) is 26.3 Å². The number of halogens is 6. The molecule has 0 spiro atoms. The molecule has 0 saturated carbocycles. The van der Waals surface area contributed by atoms with Crippen LogP contribution in [0.2, 0.25) is 0 Å². The Bertz CT molecular complexity index is 1030. The molecule has 1 saturated heterocycles. The molecule has 3 rings (SSSR count). The van der Waals surface area contributed by atoms with Gasteiger partial charge in [-0.2, -0.15) is 13.2 Å². The van der Waals surface area contributed by atoms with Crippen molar-refractivity contribution in [1.82, 2.24) is 10.3 Å². The number of carbonyl (C=O) groups is 1. The highest BCUT2D eigenvalue weighted by Gasteiger charge is 2.64. The second-order valence-electron chi connectivity index (χ2n) is 8.16. The SMILES string of the molecule is CC1(C)OCC(=O)N[C@](C)(c2cc(Nc3ccc(OCC(F)(F)F)nc3)ccc2F)C1(F)F. The van der Waals surface area contributed by atoms with Gasteiger partial charge in [-0.25, -0.2) is 18.2 Å². The molecule has 0 bridgehead atoms. The predicted molar refractivity (Wildman–Crippen MR) is 106 cm³/mol. The van der Waals surface area contributed by atoms with Crippen LogP contribution in [0.5, 0.6) is 5.88 Å². The number of pyridine rings is 1. The maximum atomic E-state index is 15.5. The number of ether oxygens (including phenoxy) is 2. The van der Waals surface area contributed by atoms with Crippen LogP contribution in [0.15, 0.2) is 36.5 Å². The Morgan fingerprint density at radius 1 is 1.15 bits per heavy atom. The number of hydrogen-bond donors (Lipinski definition) is 2. The molecule has 6 nitrogen and oxygen atoms in total. The number of rotatable bonds is 5. The Morgan fingerprint density at radius 3 is 2.42 bits per heavy atom. The first-order valence-corrected chi connectivity index (χ1v) is 9.70. The highest BCUT2D eigenvalue weighted by Crippen LogP contribution is 2.48. The van der Waals surface area contributed by atoms with Crippen molar-refractivity contribution in [2.45, 2.75) is 44.0 Å². The van der Waals surface area contributed by atoms with Crippen LogP contribution in [0.4, 0.5) is 37.7 Å². The molecule has 1 atom stereocenters. The van der Waals surface area contributed by atoms with Gasteiger partial charge in [0.2, 0.25) is 11.8 Å². The summed E-state index contributed by atoms with van der Waals surface area (Å²) >= 11 is 0. The number of aromatic nitrogens is 1. The lowest BCUT2D eigenvalue weighted by molar-refractivity contribution is -0.216. The summed E-state index contributed by atoms with van der Waals surface area (Å²) in [6.45, 7) is 1.11. The van der Waals surface area contributed by atoms with E-state index in [1.54, 1.807) is 0 Å². The lowest BCUT2D eigenvalue weighted by Gasteiger charge is -2.43. The largest absolute Gasteiger partial charge is 0.468 e. The summed E-state index contributed by atoms with van der Waals surface area (Å²) in [6, 6.07) is 5.87. The molecule has 1 fully saturated rings. The quantitative estimate of drug-likeness (QED) is 0.612. The van der Waals surface area contributed by atoms with Gasteiger partial charge in [-0.15, -0.1) is 0 Å². The van der Waals surface area contributed by atoms with E-state index in [2.05, 4.69) is 20.4 Å². The summed E-state index contributed by atoms with van der Waals surface area (Å²) in [7, 11) is 0. The molecule has 1 amide bonds. The third-order valence-electron chi connectivity index (χ3n) is 5.25. The van der Waals surface area contributed by atoms with Crippen molar-refractivity contribution in [3.8, 4) is 5.88 Å². The molecule has 0 radical (unpaired) electrons. The minimum atomic E-state index is -4.52. The summed E-state index contributed by atoms with van der Waals surface area (Å²) in [6.07, 6.45) is -3.36. The van der Waals surface area contributed by atoms with Gasteiger partial charge in [0.1, 0.15) is 23.6 Å². The maximum absolute atomic E-state index is 15.5. The van der Waals surface area contributed by atoms with E-state index in [0.29, 0.717) is 0 Å². The van der Waals surface area contributed by atoms with Gasteiger partial charge in [0, 0.05) is 17.3 Å². The van der Waals surface area contributed by atoms with Crippen LogP contribution >= 0.6 is 0 Å². The van der Waals surface area contributed by atoms with Crippen LogP contribution in [0, 0.1) is 5.82 Å². The van der Waals surface area contributed by atoms with Gasteiger partial charge in [0.15, 0.2) is 6.61 Å². The van der Waals surface area contributed by atoms with Crippen LogP contribution < -0.4 is 15.4 Å². The lowest BCUT2D eigenvalue weighted by atomic mass is 9.77. The molecule has 1 aromatic heterocycles. The highest BCUT2D eigenvalue weighted by molar-refractivity contribution is 5.79. The Morgan fingerprint density at radius 2 is 1.82 bits per heavy atom. The van der Waals surface area contributed by atoms with Crippen molar-refractivity contribution in [2.24, 2.45) is 0 Å². The second kappa shape index (κ2) is 8.40. The fourth-order valence-electron chi connectivity index (χ4n) is 3.42. The van der Waals surface area contributed by atoms with E-state index in [1.165, 1.54) is 18.2 Å². The molecular weight excluding hydrogens is 456 g/mol. The van der Waals surface area contributed by atoms with E-state index in [1.807, 2.05) is 0 Å². The van der Waals surface area contributed by atoms with E-state index < -0.39 is 53.7 Å². The zero-order valence-corrected chi connectivity index (χ0v) is 17.8. The number of nitrogens with zero attached hydrogens (tertiary/aromatic N) is 1. The number of nitrogens with one attached hydrogen (secondary N) is 2. The average Bonchev–Trinajstić information content (AvgIpc) is 2.77. The van der Waals surface area contributed by atoms with Gasteiger partial charge < -0.3 is 20.1 Å². The minimum absolute atomic E-state index is 0.173. The molecule has 1 aliphatic heterocycles. The van der Waals surface area contributed by atoms with Gasteiger partial charge >= 0.3 is 12.1 Å². The third-order valence-corrected chi connectivity index (χ3v) is 5.25. The normalized spacial score (nSPS) is 22.3. The Hall–Kier alpha value is -3.02. The van der Waals surface area contributed by atoms with Crippen LogP contribution in [0.25, 0.3) is 0 Å². The van der Waals surface area contributed by atoms with Crippen molar-refractivity contribution in [3.05, 3.63) is 47.9 Å². The molecule has 12 heteroatoms. The summed E-state index contributed by atoms with van der Waals surface area (Å²) in [5.74, 6) is -5.80. The van der Waals surface area contributed by atoms with Gasteiger partial charge in [0.25, 0.3) is 0 Å². The van der Waals surface area contributed by atoms with Gasteiger partial charge in [-0.05, 0) is 45.0 Å². The van der Waals surface area contributed by atoms with Crippen LogP contribution in [-0.4, -0.2) is 41.8 Å². The smallest absolute Gasteiger partial charge is 0.422 e. The van der Waals surface area contributed by atoms with Gasteiger partial charge in [-0.1, -0.05) is 0 Å². The molecule has 0 aliphatic carbocycles. The molecular formula is C21H21F6N3O3. The number of benzene rings is 1. The zero-order valence-electron chi connectivity index (χ0n) is 17.8. The maximum Gasteiger partial charge on any atom is 0.422 e. The number of amides is 1.